The molecule has 0 radical (unpaired) electrons. The molecular formula is C16H15ClN2O3S. The fourth-order valence-electron chi connectivity index (χ4n) is 2.71. The molecule has 0 bridgehead atoms. The number of halogens is 1. The van der Waals surface area contributed by atoms with Crippen LogP contribution in [0.15, 0.2) is 24.3 Å². The Kier molecular flexibility index (Phi) is 4.54. The highest BCUT2D eigenvalue weighted by Crippen LogP contribution is 2.38. The number of hydrogen-bond donors (Lipinski definition) is 3. The van der Waals surface area contributed by atoms with Gasteiger partial charge in [-0.1, -0.05) is 17.7 Å². The molecule has 0 spiro atoms. The van der Waals surface area contributed by atoms with Crippen LogP contribution in [0.1, 0.15) is 33.6 Å². The summed E-state index contributed by atoms with van der Waals surface area (Å²) in [5.41, 5.74) is 1.64. The minimum absolute atomic E-state index is 0.228. The van der Waals surface area contributed by atoms with Crippen molar-refractivity contribution in [1.29, 1.82) is 0 Å². The topological polar surface area (TPSA) is 78.4 Å². The largest absolute Gasteiger partial charge is 0.478 e. The lowest BCUT2D eigenvalue weighted by Crippen LogP contribution is -2.20. The first-order valence-electron chi connectivity index (χ1n) is 7.26. The number of benzene rings is 1. The highest BCUT2D eigenvalue weighted by atomic mass is 35.5. The van der Waals surface area contributed by atoms with Gasteiger partial charge in [0, 0.05) is 15.6 Å². The number of nitrogens with one attached hydrogen (secondary N) is 2. The van der Waals surface area contributed by atoms with E-state index in [1.807, 2.05) is 0 Å². The molecule has 2 amide bonds. The van der Waals surface area contributed by atoms with Crippen LogP contribution in [0.2, 0.25) is 5.02 Å². The Morgan fingerprint density at radius 2 is 1.96 bits per heavy atom. The number of hydrogen-bond acceptors (Lipinski definition) is 3. The molecule has 0 fully saturated rings. The highest BCUT2D eigenvalue weighted by molar-refractivity contribution is 7.17. The molecule has 1 aliphatic rings. The molecule has 1 aromatic carbocycles. The molecule has 5 nitrogen and oxygen atoms in total. The van der Waals surface area contributed by atoms with Crippen molar-refractivity contribution < 1.29 is 14.7 Å². The van der Waals surface area contributed by atoms with Crippen molar-refractivity contribution >= 4 is 45.6 Å². The van der Waals surface area contributed by atoms with Crippen LogP contribution in [0.5, 0.6) is 0 Å². The molecular weight excluding hydrogens is 336 g/mol. The van der Waals surface area contributed by atoms with Gasteiger partial charge in [-0.15, -0.1) is 11.3 Å². The van der Waals surface area contributed by atoms with E-state index in [-0.39, 0.29) is 5.56 Å². The minimum Gasteiger partial charge on any atom is -0.478 e. The standard InChI is InChI=1S/C16H15ClN2O3S/c17-9-4-3-5-10(8-9)18-16(22)19-14-13(15(20)21)11-6-1-2-7-12(11)23-14/h3-5,8H,1-2,6-7H2,(H,20,21)(H2,18,19,22). The third kappa shape index (κ3) is 3.48. The summed E-state index contributed by atoms with van der Waals surface area (Å²) < 4.78 is 0. The number of anilines is 2. The van der Waals surface area contributed by atoms with Crippen LogP contribution < -0.4 is 10.6 Å². The van der Waals surface area contributed by atoms with Crippen LogP contribution in [0.4, 0.5) is 15.5 Å². The predicted molar refractivity (Wildman–Crippen MR) is 92.0 cm³/mol. The first kappa shape index (κ1) is 15.8. The fraction of sp³-hybridized carbons (Fsp3) is 0.250. The number of amides is 2. The summed E-state index contributed by atoms with van der Waals surface area (Å²) in [6.07, 6.45) is 3.67. The normalized spacial score (nSPS) is 13.3. The summed E-state index contributed by atoms with van der Waals surface area (Å²) in [6.45, 7) is 0. The minimum atomic E-state index is -0.998. The summed E-state index contributed by atoms with van der Waals surface area (Å²) >= 11 is 7.23. The van der Waals surface area contributed by atoms with Crippen molar-refractivity contribution in [3.63, 3.8) is 0 Å². The van der Waals surface area contributed by atoms with Gasteiger partial charge in [0.2, 0.25) is 0 Å². The maximum Gasteiger partial charge on any atom is 0.339 e. The first-order valence-corrected chi connectivity index (χ1v) is 8.45. The van der Waals surface area contributed by atoms with E-state index in [9.17, 15) is 14.7 Å². The summed E-state index contributed by atoms with van der Waals surface area (Å²) in [5, 5.41) is 15.7. The number of carbonyl (C=O) groups excluding carboxylic acids is 1. The molecule has 0 saturated carbocycles. The van der Waals surface area contributed by atoms with E-state index in [1.54, 1.807) is 24.3 Å². The third-order valence-corrected chi connectivity index (χ3v) is 5.14. The molecule has 1 aromatic heterocycles. The molecule has 120 valence electrons. The lowest BCUT2D eigenvalue weighted by molar-refractivity contribution is 0.0697. The van der Waals surface area contributed by atoms with Crippen LogP contribution in [-0.2, 0) is 12.8 Å². The SMILES string of the molecule is O=C(Nc1cccc(Cl)c1)Nc1sc2c(c1C(=O)O)CCCC2. The van der Waals surface area contributed by atoms with E-state index in [0.717, 1.165) is 36.1 Å². The van der Waals surface area contributed by atoms with Gasteiger partial charge < -0.3 is 10.4 Å². The number of urea groups is 1. The van der Waals surface area contributed by atoms with Gasteiger partial charge in [0.1, 0.15) is 5.00 Å². The van der Waals surface area contributed by atoms with Gasteiger partial charge in [0.15, 0.2) is 0 Å². The molecule has 2 aromatic rings. The van der Waals surface area contributed by atoms with E-state index in [4.69, 9.17) is 11.6 Å². The maximum absolute atomic E-state index is 12.1. The van der Waals surface area contributed by atoms with E-state index in [2.05, 4.69) is 10.6 Å². The number of aryl methyl sites for hydroxylation is 1. The average Bonchev–Trinajstić information content (AvgIpc) is 2.84. The van der Waals surface area contributed by atoms with E-state index < -0.39 is 12.0 Å². The van der Waals surface area contributed by atoms with Crippen molar-refractivity contribution in [2.45, 2.75) is 25.7 Å². The van der Waals surface area contributed by atoms with Gasteiger partial charge >= 0.3 is 12.0 Å². The number of carboxylic acid groups (broad SMARTS) is 1. The van der Waals surface area contributed by atoms with Gasteiger partial charge in [0.05, 0.1) is 5.56 Å². The molecule has 1 aliphatic carbocycles. The summed E-state index contributed by atoms with van der Waals surface area (Å²) in [7, 11) is 0. The Bertz CT molecular complexity index is 773. The summed E-state index contributed by atoms with van der Waals surface area (Å²) in [4.78, 5) is 24.7. The molecule has 0 unspecified atom stereocenters. The zero-order chi connectivity index (χ0) is 16.4. The Hall–Kier alpha value is -2.05. The molecule has 1 heterocycles. The second-order valence-electron chi connectivity index (χ2n) is 5.31. The van der Waals surface area contributed by atoms with Gasteiger partial charge in [-0.2, -0.15) is 0 Å². The van der Waals surface area contributed by atoms with Crippen molar-refractivity contribution in [3.8, 4) is 0 Å². The second-order valence-corrected chi connectivity index (χ2v) is 6.85. The van der Waals surface area contributed by atoms with Crippen molar-refractivity contribution in [2.75, 3.05) is 10.6 Å². The number of thiophene rings is 1. The molecule has 3 N–H and O–H groups in total. The van der Waals surface area contributed by atoms with Crippen LogP contribution in [0, 0.1) is 0 Å². The molecule has 3 rings (SSSR count). The Morgan fingerprint density at radius 1 is 1.17 bits per heavy atom. The molecule has 0 saturated heterocycles. The number of rotatable bonds is 3. The highest BCUT2D eigenvalue weighted by Gasteiger charge is 2.25. The number of carboxylic acids is 1. The Balaban J connectivity index is 1.81. The van der Waals surface area contributed by atoms with Crippen LogP contribution >= 0.6 is 22.9 Å². The third-order valence-electron chi connectivity index (χ3n) is 3.69. The quantitative estimate of drug-likeness (QED) is 0.755. The van der Waals surface area contributed by atoms with Gasteiger partial charge in [-0.05, 0) is 49.4 Å². The van der Waals surface area contributed by atoms with E-state index in [1.165, 1.54) is 11.3 Å². The lowest BCUT2D eigenvalue weighted by Gasteiger charge is -2.10. The first-order chi connectivity index (χ1) is 11.0. The van der Waals surface area contributed by atoms with E-state index in [0.29, 0.717) is 15.7 Å². The van der Waals surface area contributed by atoms with Crippen LogP contribution in [0.3, 0.4) is 0 Å². The average molecular weight is 351 g/mol. The zero-order valence-electron chi connectivity index (χ0n) is 12.2. The number of fused-ring (bicyclic) bond motifs is 1. The Labute approximate surface area is 142 Å². The Morgan fingerprint density at radius 3 is 2.70 bits per heavy atom. The monoisotopic (exact) mass is 350 g/mol. The van der Waals surface area contributed by atoms with Gasteiger partial charge in [0.25, 0.3) is 0 Å². The fourth-order valence-corrected chi connectivity index (χ4v) is 4.18. The van der Waals surface area contributed by atoms with Crippen molar-refractivity contribution in [3.05, 3.63) is 45.3 Å². The van der Waals surface area contributed by atoms with E-state index >= 15 is 0 Å². The summed E-state index contributed by atoms with van der Waals surface area (Å²) in [6, 6.07) is 6.29. The number of carbonyl (C=O) groups is 2. The summed E-state index contributed by atoms with van der Waals surface area (Å²) in [5.74, 6) is -0.998. The smallest absolute Gasteiger partial charge is 0.339 e. The lowest BCUT2D eigenvalue weighted by atomic mass is 9.95. The zero-order valence-corrected chi connectivity index (χ0v) is 13.8. The molecule has 0 atom stereocenters. The maximum atomic E-state index is 12.1. The van der Waals surface area contributed by atoms with Crippen LogP contribution in [-0.4, -0.2) is 17.1 Å². The van der Waals surface area contributed by atoms with Gasteiger partial charge in [-0.3, -0.25) is 5.32 Å². The van der Waals surface area contributed by atoms with Crippen LogP contribution in [0.25, 0.3) is 0 Å². The van der Waals surface area contributed by atoms with Crippen molar-refractivity contribution in [2.24, 2.45) is 0 Å². The molecule has 23 heavy (non-hydrogen) atoms. The number of aromatic carboxylic acids is 1. The molecule has 7 heteroatoms. The second kappa shape index (κ2) is 6.60. The van der Waals surface area contributed by atoms with Crippen molar-refractivity contribution in [1.82, 2.24) is 0 Å². The van der Waals surface area contributed by atoms with Gasteiger partial charge in [-0.25, -0.2) is 9.59 Å². The predicted octanol–water partition coefficient (Wildman–Crippen LogP) is 4.62. The molecule has 0 aliphatic heterocycles.